The van der Waals surface area contributed by atoms with Gasteiger partial charge in [-0.3, -0.25) is 0 Å². The van der Waals surface area contributed by atoms with Crippen LogP contribution in [0.15, 0.2) is 0 Å². The van der Waals surface area contributed by atoms with Gasteiger partial charge in [0.25, 0.3) is 10.2 Å². The molecule has 0 rings (SSSR count). The van der Waals surface area contributed by atoms with Gasteiger partial charge < -0.3 is 5.11 Å². The van der Waals surface area contributed by atoms with Gasteiger partial charge in [0.2, 0.25) is 0 Å². The number of likely N-dealkylation sites (N-methyl/N-ethyl adjacent to an activating group) is 1. The smallest absolute Gasteiger partial charge is 0.281 e. The van der Waals surface area contributed by atoms with Crippen molar-refractivity contribution >= 4 is 10.2 Å². The molecule has 5 nitrogen and oxygen atoms in total. The lowest BCUT2D eigenvalue weighted by Crippen LogP contribution is -2.41. The Bertz CT molecular complexity index is 241. The quantitative estimate of drug-likeness (QED) is 0.656. The highest BCUT2D eigenvalue weighted by molar-refractivity contribution is 7.86. The Labute approximate surface area is 86.5 Å². The lowest BCUT2D eigenvalue weighted by molar-refractivity contribution is 0.260. The summed E-state index contributed by atoms with van der Waals surface area (Å²) in [6.07, 6.45) is 1.81. The fourth-order valence-corrected chi connectivity index (χ4v) is 2.14. The number of hydrogen-bond acceptors (Lipinski definition) is 3. The van der Waals surface area contributed by atoms with Crippen LogP contribution >= 0.6 is 0 Å². The first-order valence-corrected chi connectivity index (χ1v) is 6.15. The highest BCUT2D eigenvalue weighted by atomic mass is 32.2. The van der Waals surface area contributed by atoms with Gasteiger partial charge in [-0.2, -0.15) is 17.0 Å². The highest BCUT2D eigenvalue weighted by Gasteiger charge is 2.22. The van der Waals surface area contributed by atoms with E-state index in [0.717, 1.165) is 17.1 Å². The van der Waals surface area contributed by atoms with Crippen LogP contribution in [0.1, 0.15) is 19.8 Å². The van der Waals surface area contributed by atoms with E-state index in [-0.39, 0.29) is 13.2 Å². The molecule has 0 unspecified atom stereocenters. The molecule has 0 bridgehead atoms. The minimum atomic E-state index is -3.37. The van der Waals surface area contributed by atoms with E-state index in [2.05, 4.69) is 0 Å². The van der Waals surface area contributed by atoms with Gasteiger partial charge in [-0.15, -0.1) is 0 Å². The van der Waals surface area contributed by atoms with Crippen molar-refractivity contribution in [1.82, 2.24) is 8.61 Å². The first kappa shape index (κ1) is 13.8. The maximum Gasteiger partial charge on any atom is 0.281 e. The molecule has 0 aliphatic carbocycles. The number of hydrogen-bond donors (Lipinski definition) is 1. The van der Waals surface area contributed by atoms with E-state index in [1.165, 1.54) is 11.4 Å². The summed E-state index contributed by atoms with van der Waals surface area (Å²) in [4.78, 5) is 0. The van der Waals surface area contributed by atoms with Crippen LogP contribution in [0.25, 0.3) is 0 Å². The van der Waals surface area contributed by atoms with Crippen LogP contribution < -0.4 is 0 Å². The lowest BCUT2D eigenvalue weighted by Gasteiger charge is -2.23. The summed E-state index contributed by atoms with van der Waals surface area (Å²) in [5.74, 6) is 0. The Morgan fingerprint density at radius 3 is 2.07 bits per heavy atom. The standard InChI is InChI=1S/C8H20N2O3S/c1-4-5-6-9(2)14(12,13)10(3)7-8-11/h11H,4-8H2,1-3H3. The first-order chi connectivity index (χ1) is 6.46. The van der Waals surface area contributed by atoms with Crippen molar-refractivity contribution in [2.45, 2.75) is 19.8 Å². The summed E-state index contributed by atoms with van der Waals surface area (Å²) in [5.41, 5.74) is 0. The topological polar surface area (TPSA) is 60.9 Å². The monoisotopic (exact) mass is 224 g/mol. The number of aliphatic hydroxyl groups excluding tert-OH is 1. The Morgan fingerprint density at radius 2 is 1.64 bits per heavy atom. The largest absolute Gasteiger partial charge is 0.395 e. The van der Waals surface area contributed by atoms with Gasteiger partial charge in [0, 0.05) is 27.2 Å². The number of aliphatic hydroxyl groups is 1. The Balaban J connectivity index is 4.29. The third kappa shape index (κ3) is 3.91. The molecular weight excluding hydrogens is 204 g/mol. The van der Waals surface area contributed by atoms with Crippen molar-refractivity contribution in [3.63, 3.8) is 0 Å². The van der Waals surface area contributed by atoms with Crippen LogP contribution in [-0.4, -0.2) is 55.9 Å². The summed E-state index contributed by atoms with van der Waals surface area (Å²) in [7, 11) is -0.346. The molecule has 0 spiro atoms. The molecule has 0 heterocycles. The molecule has 0 aliphatic heterocycles. The predicted molar refractivity (Wildman–Crippen MR) is 56.2 cm³/mol. The molecule has 14 heavy (non-hydrogen) atoms. The fraction of sp³-hybridized carbons (Fsp3) is 1.00. The minimum absolute atomic E-state index is 0.138. The molecule has 0 saturated carbocycles. The number of nitrogens with zero attached hydrogens (tertiary/aromatic N) is 2. The molecule has 0 fully saturated rings. The van der Waals surface area contributed by atoms with Gasteiger partial charge in [-0.1, -0.05) is 13.3 Å². The lowest BCUT2D eigenvalue weighted by atomic mass is 10.3. The predicted octanol–water partition coefficient (Wildman–Crippen LogP) is -0.113. The summed E-state index contributed by atoms with van der Waals surface area (Å²) in [5, 5.41) is 8.63. The fourth-order valence-electron chi connectivity index (χ4n) is 0.990. The van der Waals surface area contributed by atoms with Crippen LogP contribution in [-0.2, 0) is 10.2 Å². The van der Waals surface area contributed by atoms with E-state index >= 15 is 0 Å². The second-order valence-corrected chi connectivity index (χ2v) is 5.37. The molecule has 0 aliphatic rings. The molecule has 1 N–H and O–H groups in total. The molecule has 6 heteroatoms. The average Bonchev–Trinajstić information content (AvgIpc) is 2.14. The average molecular weight is 224 g/mol. The van der Waals surface area contributed by atoms with E-state index in [1.54, 1.807) is 7.05 Å². The molecule has 0 aromatic carbocycles. The van der Waals surface area contributed by atoms with Crippen LogP contribution in [0.3, 0.4) is 0 Å². The van der Waals surface area contributed by atoms with Gasteiger partial charge in [-0.05, 0) is 6.42 Å². The summed E-state index contributed by atoms with van der Waals surface area (Å²) >= 11 is 0. The van der Waals surface area contributed by atoms with Gasteiger partial charge in [0.05, 0.1) is 6.61 Å². The molecule has 0 atom stereocenters. The zero-order chi connectivity index (χ0) is 11.2. The minimum Gasteiger partial charge on any atom is -0.395 e. The Kier molecular flexibility index (Phi) is 6.26. The summed E-state index contributed by atoms with van der Waals surface area (Å²) in [6, 6.07) is 0. The van der Waals surface area contributed by atoms with Crippen molar-refractivity contribution < 1.29 is 13.5 Å². The van der Waals surface area contributed by atoms with Crippen LogP contribution in [0, 0.1) is 0 Å². The van der Waals surface area contributed by atoms with Gasteiger partial charge in [-0.25, -0.2) is 0 Å². The van der Waals surface area contributed by atoms with Crippen LogP contribution in [0.2, 0.25) is 0 Å². The van der Waals surface area contributed by atoms with Crippen molar-refractivity contribution in [2.75, 3.05) is 33.8 Å². The molecule has 0 aromatic rings. The van der Waals surface area contributed by atoms with Crippen molar-refractivity contribution in [3.8, 4) is 0 Å². The van der Waals surface area contributed by atoms with E-state index in [0.29, 0.717) is 6.54 Å². The third-order valence-corrected chi connectivity index (χ3v) is 3.97. The molecule has 0 aromatic heterocycles. The van der Waals surface area contributed by atoms with E-state index in [1.807, 2.05) is 6.92 Å². The zero-order valence-corrected chi connectivity index (χ0v) is 9.92. The van der Waals surface area contributed by atoms with E-state index in [4.69, 9.17) is 5.11 Å². The molecule has 0 amide bonds. The van der Waals surface area contributed by atoms with Gasteiger partial charge in [0.1, 0.15) is 0 Å². The number of unbranched alkanes of at least 4 members (excludes halogenated alkanes) is 1. The van der Waals surface area contributed by atoms with Crippen molar-refractivity contribution in [2.24, 2.45) is 0 Å². The van der Waals surface area contributed by atoms with E-state index in [9.17, 15) is 8.42 Å². The molecule has 0 radical (unpaired) electrons. The SMILES string of the molecule is CCCCN(C)S(=O)(=O)N(C)CCO. The molecular formula is C8H20N2O3S. The Morgan fingerprint density at radius 1 is 1.14 bits per heavy atom. The summed E-state index contributed by atoms with van der Waals surface area (Å²) in [6.45, 7) is 2.52. The number of rotatable bonds is 7. The van der Waals surface area contributed by atoms with Crippen molar-refractivity contribution in [3.05, 3.63) is 0 Å². The highest BCUT2D eigenvalue weighted by Crippen LogP contribution is 2.04. The zero-order valence-electron chi connectivity index (χ0n) is 9.10. The Hall–Kier alpha value is -0.170. The van der Waals surface area contributed by atoms with Crippen LogP contribution in [0.4, 0.5) is 0 Å². The van der Waals surface area contributed by atoms with Gasteiger partial charge in [0.15, 0.2) is 0 Å². The maximum absolute atomic E-state index is 11.7. The normalized spacial score (nSPS) is 12.7. The van der Waals surface area contributed by atoms with Crippen molar-refractivity contribution in [1.29, 1.82) is 0 Å². The second kappa shape index (κ2) is 6.34. The first-order valence-electron chi connectivity index (χ1n) is 4.75. The summed E-state index contributed by atoms with van der Waals surface area (Å²) < 4.78 is 25.8. The molecule has 86 valence electrons. The van der Waals surface area contributed by atoms with E-state index < -0.39 is 10.2 Å². The third-order valence-electron chi connectivity index (χ3n) is 2.03. The molecule has 0 saturated heterocycles. The van der Waals surface area contributed by atoms with Crippen LogP contribution in [0.5, 0.6) is 0 Å². The maximum atomic E-state index is 11.7. The van der Waals surface area contributed by atoms with Gasteiger partial charge >= 0.3 is 0 Å². The second-order valence-electron chi connectivity index (χ2n) is 3.23.